The Labute approximate surface area is 122 Å². The SMILES string of the molecule is Cc1ccc(O)c(CNc2ccc(-c3nnco3)cc2)c1. The van der Waals surface area contributed by atoms with Crippen molar-refractivity contribution in [2.45, 2.75) is 13.5 Å². The van der Waals surface area contributed by atoms with Crippen LogP contribution in [0.15, 0.2) is 53.3 Å². The number of hydrogen-bond donors (Lipinski definition) is 2. The molecule has 2 N–H and O–H groups in total. The van der Waals surface area contributed by atoms with E-state index < -0.39 is 0 Å². The molecule has 0 aliphatic heterocycles. The molecule has 0 atom stereocenters. The molecule has 1 heterocycles. The normalized spacial score (nSPS) is 10.5. The summed E-state index contributed by atoms with van der Waals surface area (Å²) in [6, 6.07) is 13.3. The number of aryl methyl sites for hydroxylation is 1. The van der Waals surface area contributed by atoms with E-state index in [1.54, 1.807) is 6.07 Å². The molecule has 5 heteroatoms. The number of nitrogens with zero attached hydrogens (tertiary/aromatic N) is 2. The number of aromatic nitrogens is 2. The van der Waals surface area contributed by atoms with Crippen LogP contribution >= 0.6 is 0 Å². The molecule has 0 spiro atoms. The molecule has 0 radical (unpaired) electrons. The van der Waals surface area contributed by atoms with Crippen LogP contribution in [0.2, 0.25) is 0 Å². The van der Waals surface area contributed by atoms with Crippen LogP contribution in [-0.4, -0.2) is 15.3 Å². The fourth-order valence-electron chi connectivity index (χ4n) is 2.08. The Balaban J connectivity index is 1.70. The molecule has 21 heavy (non-hydrogen) atoms. The molecule has 1 aromatic heterocycles. The van der Waals surface area contributed by atoms with Crippen molar-refractivity contribution >= 4 is 5.69 Å². The second-order valence-corrected chi connectivity index (χ2v) is 4.81. The predicted octanol–water partition coefficient (Wildman–Crippen LogP) is 3.36. The zero-order chi connectivity index (χ0) is 14.7. The van der Waals surface area contributed by atoms with Gasteiger partial charge in [0.15, 0.2) is 0 Å². The van der Waals surface area contributed by atoms with E-state index in [0.29, 0.717) is 18.2 Å². The highest BCUT2D eigenvalue weighted by atomic mass is 16.4. The maximum atomic E-state index is 9.81. The monoisotopic (exact) mass is 281 g/mol. The lowest BCUT2D eigenvalue weighted by atomic mass is 10.1. The smallest absolute Gasteiger partial charge is 0.247 e. The molecular formula is C16H15N3O2. The van der Waals surface area contributed by atoms with Crippen LogP contribution in [0.4, 0.5) is 5.69 Å². The van der Waals surface area contributed by atoms with Crippen LogP contribution in [0.25, 0.3) is 11.5 Å². The van der Waals surface area contributed by atoms with Gasteiger partial charge in [-0.05, 0) is 37.3 Å². The average Bonchev–Trinajstić information content (AvgIpc) is 3.03. The summed E-state index contributed by atoms with van der Waals surface area (Å²) in [6.45, 7) is 2.57. The summed E-state index contributed by atoms with van der Waals surface area (Å²) in [6.07, 6.45) is 1.31. The highest BCUT2D eigenvalue weighted by Gasteiger charge is 2.04. The van der Waals surface area contributed by atoms with Crippen LogP contribution in [-0.2, 0) is 6.54 Å². The minimum absolute atomic E-state index is 0.301. The van der Waals surface area contributed by atoms with E-state index in [1.165, 1.54) is 6.39 Å². The van der Waals surface area contributed by atoms with Crippen molar-refractivity contribution in [3.05, 3.63) is 60.0 Å². The van der Waals surface area contributed by atoms with Crippen molar-refractivity contribution in [1.82, 2.24) is 10.2 Å². The molecule has 3 rings (SSSR count). The highest BCUT2D eigenvalue weighted by molar-refractivity contribution is 5.58. The van der Waals surface area contributed by atoms with Gasteiger partial charge in [-0.25, -0.2) is 0 Å². The lowest BCUT2D eigenvalue weighted by Crippen LogP contribution is -2.00. The number of rotatable bonds is 4. The highest BCUT2D eigenvalue weighted by Crippen LogP contribution is 2.22. The molecule has 0 unspecified atom stereocenters. The van der Waals surface area contributed by atoms with E-state index in [0.717, 1.165) is 22.4 Å². The van der Waals surface area contributed by atoms with Crippen molar-refractivity contribution in [2.75, 3.05) is 5.32 Å². The maximum absolute atomic E-state index is 9.81. The number of aromatic hydroxyl groups is 1. The summed E-state index contributed by atoms with van der Waals surface area (Å²) in [5, 5.41) is 20.6. The van der Waals surface area contributed by atoms with Gasteiger partial charge in [-0.1, -0.05) is 17.7 Å². The van der Waals surface area contributed by atoms with Crippen molar-refractivity contribution in [3.8, 4) is 17.2 Å². The summed E-state index contributed by atoms with van der Waals surface area (Å²) in [7, 11) is 0. The molecule has 0 amide bonds. The third-order valence-corrected chi connectivity index (χ3v) is 3.21. The lowest BCUT2D eigenvalue weighted by molar-refractivity contribution is 0.469. The van der Waals surface area contributed by atoms with Gasteiger partial charge < -0.3 is 14.8 Å². The van der Waals surface area contributed by atoms with Gasteiger partial charge >= 0.3 is 0 Å². The first-order chi connectivity index (χ1) is 10.2. The van der Waals surface area contributed by atoms with Crippen molar-refractivity contribution < 1.29 is 9.52 Å². The van der Waals surface area contributed by atoms with Gasteiger partial charge in [-0.15, -0.1) is 10.2 Å². The molecule has 0 saturated heterocycles. The van der Waals surface area contributed by atoms with Crippen LogP contribution in [0.5, 0.6) is 5.75 Å². The van der Waals surface area contributed by atoms with Crippen molar-refractivity contribution in [2.24, 2.45) is 0 Å². The van der Waals surface area contributed by atoms with Crippen LogP contribution in [0.3, 0.4) is 0 Å². The second-order valence-electron chi connectivity index (χ2n) is 4.81. The number of benzene rings is 2. The molecule has 5 nitrogen and oxygen atoms in total. The van der Waals surface area contributed by atoms with Gasteiger partial charge in [0.25, 0.3) is 0 Å². The Bertz CT molecular complexity index is 722. The fraction of sp³-hybridized carbons (Fsp3) is 0.125. The minimum Gasteiger partial charge on any atom is -0.508 e. The summed E-state index contributed by atoms with van der Waals surface area (Å²) < 4.78 is 5.14. The number of anilines is 1. The second kappa shape index (κ2) is 5.66. The fourth-order valence-corrected chi connectivity index (χ4v) is 2.08. The molecule has 0 bridgehead atoms. The van der Waals surface area contributed by atoms with Crippen molar-refractivity contribution in [3.63, 3.8) is 0 Å². The Morgan fingerprint density at radius 2 is 1.95 bits per heavy atom. The number of nitrogens with one attached hydrogen (secondary N) is 1. The molecule has 0 aliphatic carbocycles. The van der Waals surface area contributed by atoms with E-state index in [2.05, 4.69) is 15.5 Å². The maximum Gasteiger partial charge on any atom is 0.247 e. The van der Waals surface area contributed by atoms with Crippen LogP contribution in [0.1, 0.15) is 11.1 Å². The lowest BCUT2D eigenvalue weighted by Gasteiger charge is -2.09. The largest absolute Gasteiger partial charge is 0.508 e. The zero-order valence-corrected chi connectivity index (χ0v) is 11.6. The van der Waals surface area contributed by atoms with Gasteiger partial charge in [0.2, 0.25) is 12.3 Å². The first kappa shape index (κ1) is 13.2. The zero-order valence-electron chi connectivity index (χ0n) is 11.6. The van der Waals surface area contributed by atoms with E-state index in [-0.39, 0.29) is 0 Å². The van der Waals surface area contributed by atoms with Gasteiger partial charge in [0.1, 0.15) is 5.75 Å². The summed E-state index contributed by atoms with van der Waals surface area (Å²) in [5.41, 5.74) is 3.82. The van der Waals surface area contributed by atoms with E-state index >= 15 is 0 Å². The Hall–Kier alpha value is -2.82. The summed E-state index contributed by atoms with van der Waals surface area (Å²) in [4.78, 5) is 0. The number of phenols is 1. The quantitative estimate of drug-likeness (QED) is 0.767. The summed E-state index contributed by atoms with van der Waals surface area (Å²) in [5.74, 6) is 0.799. The number of phenolic OH excluding ortho intramolecular Hbond substituents is 1. The molecule has 2 aromatic carbocycles. The Kier molecular flexibility index (Phi) is 3.55. The molecule has 0 fully saturated rings. The van der Waals surface area contributed by atoms with Crippen LogP contribution < -0.4 is 5.32 Å². The topological polar surface area (TPSA) is 71.2 Å². The Morgan fingerprint density at radius 3 is 2.67 bits per heavy atom. The van der Waals surface area contributed by atoms with Gasteiger partial charge in [-0.2, -0.15) is 0 Å². The number of hydrogen-bond acceptors (Lipinski definition) is 5. The van der Waals surface area contributed by atoms with E-state index in [4.69, 9.17) is 4.42 Å². The summed E-state index contributed by atoms with van der Waals surface area (Å²) >= 11 is 0. The third kappa shape index (κ3) is 3.02. The van der Waals surface area contributed by atoms with E-state index in [9.17, 15) is 5.11 Å². The first-order valence-electron chi connectivity index (χ1n) is 6.61. The molecular weight excluding hydrogens is 266 g/mol. The first-order valence-corrected chi connectivity index (χ1v) is 6.61. The molecule has 106 valence electrons. The van der Waals surface area contributed by atoms with Crippen molar-refractivity contribution in [1.29, 1.82) is 0 Å². The molecule has 0 saturated carbocycles. The van der Waals surface area contributed by atoms with Crippen LogP contribution in [0, 0.1) is 6.92 Å². The third-order valence-electron chi connectivity index (χ3n) is 3.21. The van der Waals surface area contributed by atoms with Gasteiger partial charge in [0, 0.05) is 23.4 Å². The van der Waals surface area contributed by atoms with Gasteiger partial charge in [0.05, 0.1) is 0 Å². The van der Waals surface area contributed by atoms with Gasteiger partial charge in [-0.3, -0.25) is 0 Å². The van der Waals surface area contributed by atoms with E-state index in [1.807, 2.05) is 43.3 Å². The standard InChI is InChI=1S/C16H15N3O2/c1-11-2-7-15(20)13(8-11)9-17-14-5-3-12(4-6-14)16-19-18-10-21-16/h2-8,10,17,20H,9H2,1H3. The molecule has 3 aromatic rings. The minimum atomic E-state index is 0.301. The predicted molar refractivity (Wildman–Crippen MR) is 79.9 cm³/mol. The average molecular weight is 281 g/mol. The Morgan fingerprint density at radius 1 is 1.14 bits per heavy atom. The molecule has 0 aliphatic rings.